The summed E-state index contributed by atoms with van der Waals surface area (Å²) in [7, 11) is 0. The Morgan fingerprint density at radius 3 is 2.50 bits per heavy atom. The van der Waals surface area contributed by atoms with Gasteiger partial charge in [0.25, 0.3) is 0 Å². The first kappa shape index (κ1) is 11.5. The highest BCUT2D eigenvalue weighted by Gasteiger charge is 2.38. The molecule has 0 aromatic heterocycles. The molecule has 0 radical (unpaired) electrons. The third-order valence-corrected chi connectivity index (χ3v) is 3.84. The number of benzene rings is 2. The fourth-order valence-electron chi connectivity index (χ4n) is 3.00. The number of nitrogens with two attached hydrogens (primary N) is 1. The van der Waals surface area contributed by atoms with Gasteiger partial charge in [0.05, 0.1) is 5.54 Å². The standard InChI is InChI=1S/C16H18N2/c17-11-10-16(14-7-2-1-3-8-14)15-9-5-4-6-13(15)12-18-16/h1-9,18H,10-12,17H2. The number of hydrogen-bond acceptors (Lipinski definition) is 2. The molecule has 2 aromatic carbocycles. The Kier molecular flexibility index (Phi) is 2.90. The van der Waals surface area contributed by atoms with Crippen LogP contribution >= 0.6 is 0 Å². The van der Waals surface area contributed by atoms with Crippen molar-refractivity contribution in [1.29, 1.82) is 0 Å². The zero-order chi connectivity index (χ0) is 12.4. The predicted octanol–water partition coefficient (Wildman–Crippen LogP) is 2.38. The van der Waals surface area contributed by atoms with E-state index in [1.807, 2.05) is 0 Å². The van der Waals surface area contributed by atoms with Gasteiger partial charge in [-0.15, -0.1) is 0 Å². The second-order valence-corrected chi connectivity index (χ2v) is 4.82. The molecule has 0 bridgehead atoms. The molecule has 0 spiro atoms. The largest absolute Gasteiger partial charge is 0.330 e. The number of hydrogen-bond donors (Lipinski definition) is 2. The molecule has 18 heavy (non-hydrogen) atoms. The van der Waals surface area contributed by atoms with Crippen LogP contribution in [0.15, 0.2) is 54.6 Å². The van der Waals surface area contributed by atoms with E-state index >= 15 is 0 Å². The first-order valence-electron chi connectivity index (χ1n) is 6.46. The molecule has 0 saturated heterocycles. The highest BCUT2D eigenvalue weighted by atomic mass is 15.0. The molecule has 1 atom stereocenters. The molecule has 0 aliphatic carbocycles. The van der Waals surface area contributed by atoms with Crippen molar-refractivity contribution in [2.75, 3.05) is 6.54 Å². The Labute approximate surface area is 108 Å². The highest BCUT2D eigenvalue weighted by molar-refractivity contribution is 5.46. The van der Waals surface area contributed by atoms with Crippen molar-refractivity contribution in [2.24, 2.45) is 5.73 Å². The van der Waals surface area contributed by atoms with Gasteiger partial charge in [0, 0.05) is 6.54 Å². The molecular weight excluding hydrogens is 220 g/mol. The topological polar surface area (TPSA) is 38.0 Å². The van der Waals surface area contributed by atoms with Gasteiger partial charge in [-0.3, -0.25) is 5.32 Å². The van der Waals surface area contributed by atoms with E-state index in [4.69, 9.17) is 5.73 Å². The molecule has 1 heterocycles. The highest BCUT2D eigenvalue weighted by Crippen LogP contribution is 2.39. The van der Waals surface area contributed by atoms with E-state index in [-0.39, 0.29) is 5.54 Å². The molecule has 1 unspecified atom stereocenters. The lowest BCUT2D eigenvalue weighted by molar-refractivity contribution is 0.410. The SMILES string of the molecule is NCCC1(c2ccccc2)NCc2ccccc21. The second kappa shape index (κ2) is 4.56. The summed E-state index contributed by atoms with van der Waals surface area (Å²) in [6, 6.07) is 19.2. The fourth-order valence-corrected chi connectivity index (χ4v) is 3.00. The van der Waals surface area contributed by atoms with Gasteiger partial charge in [-0.25, -0.2) is 0 Å². The van der Waals surface area contributed by atoms with Crippen LogP contribution < -0.4 is 11.1 Å². The zero-order valence-electron chi connectivity index (χ0n) is 10.4. The molecule has 3 N–H and O–H groups in total. The summed E-state index contributed by atoms with van der Waals surface area (Å²) in [5.41, 5.74) is 9.81. The summed E-state index contributed by atoms with van der Waals surface area (Å²) in [5, 5.41) is 3.67. The molecule has 3 rings (SSSR count). The van der Waals surface area contributed by atoms with Gasteiger partial charge >= 0.3 is 0 Å². The Balaban J connectivity index is 2.15. The molecule has 0 amide bonds. The van der Waals surface area contributed by atoms with Crippen molar-refractivity contribution < 1.29 is 0 Å². The minimum atomic E-state index is -0.105. The predicted molar refractivity (Wildman–Crippen MR) is 74.2 cm³/mol. The maximum Gasteiger partial charge on any atom is 0.0708 e. The van der Waals surface area contributed by atoms with Crippen LogP contribution in [0, 0.1) is 0 Å². The van der Waals surface area contributed by atoms with Crippen LogP contribution in [0.25, 0.3) is 0 Å². The van der Waals surface area contributed by atoms with Crippen molar-refractivity contribution in [3.05, 3.63) is 71.3 Å². The van der Waals surface area contributed by atoms with Crippen LogP contribution in [-0.2, 0) is 12.1 Å². The number of nitrogens with one attached hydrogen (secondary N) is 1. The van der Waals surface area contributed by atoms with Crippen LogP contribution in [-0.4, -0.2) is 6.54 Å². The van der Waals surface area contributed by atoms with Gasteiger partial charge in [-0.05, 0) is 29.7 Å². The van der Waals surface area contributed by atoms with Crippen molar-refractivity contribution >= 4 is 0 Å². The van der Waals surface area contributed by atoms with Crippen LogP contribution in [0.5, 0.6) is 0 Å². The van der Waals surface area contributed by atoms with Crippen LogP contribution in [0.3, 0.4) is 0 Å². The van der Waals surface area contributed by atoms with E-state index in [1.54, 1.807) is 0 Å². The molecule has 1 aliphatic rings. The van der Waals surface area contributed by atoms with Gasteiger partial charge in [0.15, 0.2) is 0 Å². The summed E-state index contributed by atoms with van der Waals surface area (Å²) >= 11 is 0. The lowest BCUT2D eigenvalue weighted by Crippen LogP contribution is -2.39. The zero-order valence-corrected chi connectivity index (χ0v) is 10.4. The quantitative estimate of drug-likeness (QED) is 0.861. The summed E-state index contributed by atoms with van der Waals surface area (Å²) < 4.78 is 0. The first-order valence-corrected chi connectivity index (χ1v) is 6.46. The molecule has 0 saturated carbocycles. The van der Waals surface area contributed by atoms with E-state index in [0.29, 0.717) is 6.54 Å². The van der Waals surface area contributed by atoms with Crippen LogP contribution in [0.4, 0.5) is 0 Å². The molecule has 2 heteroatoms. The Morgan fingerprint density at radius 2 is 1.72 bits per heavy atom. The summed E-state index contributed by atoms with van der Waals surface area (Å²) in [5.74, 6) is 0. The normalized spacial score (nSPS) is 21.8. The molecule has 0 fully saturated rings. The molecule has 1 aliphatic heterocycles. The summed E-state index contributed by atoms with van der Waals surface area (Å²) in [6.45, 7) is 1.60. The van der Waals surface area contributed by atoms with Gasteiger partial charge in [-0.2, -0.15) is 0 Å². The maximum absolute atomic E-state index is 5.85. The van der Waals surface area contributed by atoms with E-state index in [9.17, 15) is 0 Å². The number of fused-ring (bicyclic) bond motifs is 1. The van der Waals surface area contributed by atoms with E-state index in [0.717, 1.165) is 13.0 Å². The smallest absolute Gasteiger partial charge is 0.0708 e. The van der Waals surface area contributed by atoms with Crippen LogP contribution in [0.2, 0.25) is 0 Å². The van der Waals surface area contributed by atoms with Gasteiger partial charge in [0.2, 0.25) is 0 Å². The summed E-state index contributed by atoms with van der Waals surface area (Å²) in [6.07, 6.45) is 0.925. The lowest BCUT2D eigenvalue weighted by atomic mass is 9.81. The van der Waals surface area contributed by atoms with Gasteiger partial charge < -0.3 is 5.73 Å². The van der Waals surface area contributed by atoms with Crippen molar-refractivity contribution in [3.8, 4) is 0 Å². The third kappa shape index (κ3) is 1.65. The minimum Gasteiger partial charge on any atom is -0.330 e. The minimum absolute atomic E-state index is 0.105. The molecular formula is C16H18N2. The average Bonchev–Trinajstić information content (AvgIpc) is 2.81. The molecule has 2 aromatic rings. The van der Waals surface area contributed by atoms with Crippen molar-refractivity contribution in [1.82, 2.24) is 5.32 Å². The monoisotopic (exact) mass is 238 g/mol. The van der Waals surface area contributed by atoms with Gasteiger partial charge in [0.1, 0.15) is 0 Å². The van der Waals surface area contributed by atoms with E-state index in [1.165, 1.54) is 16.7 Å². The van der Waals surface area contributed by atoms with Crippen LogP contribution in [0.1, 0.15) is 23.1 Å². The van der Waals surface area contributed by atoms with Crippen molar-refractivity contribution in [3.63, 3.8) is 0 Å². The third-order valence-electron chi connectivity index (χ3n) is 3.84. The van der Waals surface area contributed by atoms with E-state index < -0.39 is 0 Å². The van der Waals surface area contributed by atoms with Crippen molar-refractivity contribution in [2.45, 2.75) is 18.5 Å². The van der Waals surface area contributed by atoms with Gasteiger partial charge in [-0.1, -0.05) is 54.6 Å². The Hall–Kier alpha value is -1.64. The van der Waals surface area contributed by atoms with E-state index in [2.05, 4.69) is 59.9 Å². The fraction of sp³-hybridized carbons (Fsp3) is 0.250. The lowest BCUT2D eigenvalue weighted by Gasteiger charge is -2.31. The molecule has 2 nitrogen and oxygen atoms in total. The average molecular weight is 238 g/mol. The first-order chi connectivity index (χ1) is 8.87. The second-order valence-electron chi connectivity index (χ2n) is 4.82. The summed E-state index contributed by atoms with van der Waals surface area (Å²) in [4.78, 5) is 0. The number of rotatable bonds is 3. The Morgan fingerprint density at radius 1 is 1.00 bits per heavy atom. The maximum atomic E-state index is 5.85. The Bertz CT molecular complexity index is 532. The molecule has 92 valence electrons.